The molecule has 0 aliphatic heterocycles. The van der Waals surface area contributed by atoms with Gasteiger partial charge in [0.05, 0.1) is 12.1 Å². The smallest absolute Gasteiger partial charge is 0.191 e. The molecule has 0 bridgehead atoms. The Morgan fingerprint density at radius 2 is 2.09 bits per heavy atom. The van der Waals surface area contributed by atoms with Crippen molar-refractivity contribution >= 4 is 41.3 Å². The maximum absolute atomic E-state index is 10.5. The molecule has 4 nitrogen and oxygen atoms in total. The Morgan fingerprint density at radius 1 is 1.32 bits per heavy atom. The minimum absolute atomic E-state index is 0. The minimum Gasteiger partial charge on any atom is -0.388 e. The number of thiophene rings is 1. The standard InChI is InChI=1S/C16H27N3OS.HI/c1-2-17-15(18-11-8-14-7-6-12-21-14)19-13-16(20)9-4-3-5-10-16;/h6-7,12,20H,2-5,8-11,13H2,1H3,(H2,17,18,19);1H. The molecule has 1 fully saturated rings. The molecular weight excluding hydrogens is 409 g/mol. The van der Waals surface area contributed by atoms with E-state index in [2.05, 4.69) is 40.1 Å². The number of guanidine groups is 1. The van der Waals surface area contributed by atoms with Crippen LogP contribution in [0.5, 0.6) is 0 Å². The molecule has 1 aliphatic carbocycles. The van der Waals surface area contributed by atoms with E-state index in [1.54, 1.807) is 11.3 Å². The highest BCUT2D eigenvalue weighted by Gasteiger charge is 2.28. The fourth-order valence-corrected chi connectivity index (χ4v) is 3.40. The van der Waals surface area contributed by atoms with Crippen LogP contribution in [-0.4, -0.2) is 36.3 Å². The van der Waals surface area contributed by atoms with E-state index in [-0.39, 0.29) is 24.0 Å². The van der Waals surface area contributed by atoms with Gasteiger partial charge in [-0.2, -0.15) is 0 Å². The fourth-order valence-electron chi connectivity index (χ4n) is 2.69. The van der Waals surface area contributed by atoms with Gasteiger partial charge < -0.3 is 15.7 Å². The van der Waals surface area contributed by atoms with E-state index in [9.17, 15) is 5.11 Å². The summed E-state index contributed by atoms with van der Waals surface area (Å²) in [7, 11) is 0. The van der Waals surface area contributed by atoms with Gasteiger partial charge in [-0.3, -0.25) is 4.99 Å². The second kappa shape index (κ2) is 10.4. The molecule has 0 spiro atoms. The van der Waals surface area contributed by atoms with Gasteiger partial charge in [-0.25, -0.2) is 0 Å². The number of aliphatic imine (C=N–C) groups is 1. The summed E-state index contributed by atoms with van der Waals surface area (Å²) >= 11 is 1.78. The molecule has 0 aromatic carbocycles. The average Bonchev–Trinajstić information content (AvgIpc) is 2.99. The monoisotopic (exact) mass is 437 g/mol. The third kappa shape index (κ3) is 6.83. The van der Waals surface area contributed by atoms with Gasteiger partial charge in [-0.05, 0) is 37.6 Å². The Labute approximate surface area is 154 Å². The van der Waals surface area contributed by atoms with E-state index < -0.39 is 5.60 Å². The molecule has 1 heterocycles. The van der Waals surface area contributed by atoms with Crippen molar-refractivity contribution in [2.24, 2.45) is 4.99 Å². The molecule has 2 rings (SSSR count). The highest BCUT2D eigenvalue weighted by molar-refractivity contribution is 14.0. The van der Waals surface area contributed by atoms with Gasteiger partial charge in [-0.15, -0.1) is 35.3 Å². The third-order valence-corrected chi connectivity index (χ3v) is 4.84. The molecule has 126 valence electrons. The van der Waals surface area contributed by atoms with Crippen molar-refractivity contribution in [2.45, 2.75) is 51.0 Å². The van der Waals surface area contributed by atoms with Gasteiger partial charge in [0.15, 0.2) is 5.96 Å². The maximum Gasteiger partial charge on any atom is 0.191 e. The summed E-state index contributed by atoms with van der Waals surface area (Å²) in [5, 5.41) is 19.2. The van der Waals surface area contributed by atoms with Crippen molar-refractivity contribution in [3.8, 4) is 0 Å². The molecule has 0 amide bonds. The summed E-state index contributed by atoms with van der Waals surface area (Å²) in [6.07, 6.45) is 6.25. The predicted molar refractivity (Wildman–Crippen MR) is 105 cm³/mol. The maximum atomic E-state index is 10.5. The van der Waals surface area contributed by atoms with E-state index in [4.69, 9.17) is 0 Å². The van der Waals surface area contributed by atoms with E-state index in [1.165, 1.54) is 11.3 Å². The van der Waals surface area contributed by atoms with Crippen LogP contribution >= 0.6 is 35.3 Å². The lowest BCUT2D eigenvalue weighted by Crippen LogP contribution is -2.41. The molecule has 1 aliphatic rings. The first-order chi connectivity index (χ1) is 10.2. The summed E-state index contributed by atoms with van der Waals surface area (Å²) in [5.41, 5.74) is -0.589. The van der Waals surface area contributed by atoms with Crippen LogP contribution in [-0.2, 0) is 6.42 Å². The number of nitrogens with one attached hydrogen (secondary N) is 2. The Balaban J connectivity index is 0.00000242. The van der Waals surface area contributed by atoms with E-state index >= 15 is 0 Å². The zero-order valence-electron chi connectivity index (χ0n) is 13.3. The lowest BCUT2D eigenvalue weighted by Gasteiger charge is -2.30. The van der Waals surface area contributed by atoms with Gasteiger partial charge in [0.2, 0.25) is 0 Å². The van der Waals surface area contributed by atoms with Gasteiger partial charge in [0.25, 0.3) is 0 Å². The zero-order chi connectivity index (χ0) is 15.0. The van der Waals surface area contributed by atoms with E-state index in [0.29, 0.717) is 6.54 Å². The van der Waals surface area contributed by atoms with E-state index in [1.807, 2.05) is 0 Å². The number of halogens is 1. The molecule has 6 heteroatoms. The minimum atomic E-state index is -0.589. The second-order valence-corrected chi connectivity index (χ2v) is 6.77. The average molecular weight is 437 g/mol. The number of hydrogen-bond donors (Lipinski definition) is 3. The highest BCUT2D eigenvalue weighted by Crippen LogP contribution is 2.28. The number of hydrogen-bond acceptors (Lipinski definition) is 3. The SMILES string of the molecule is CCNC(=NCC1(O)CCCCC1)NCCc1cccs1.I. The fraction of sp³-hybridized carbons (Fsp3) is 0.688. The zero-order valence-corrected chi connectivity index (χ0v) is 16.5. The first-order valence-electron chi connectivity index (χ1n) is 7.99. The third-order valence-electron chi connectivity index (χ3n) is 3.90. The molecule has 22 heavy (non-hydrogen) atoms. The van der Waals surface area contributed by atoms with Crippen molar-refractivity contribution in [1.82, 2.24) is 10.6 Å². The first kappa shape index (κ1) is 19.7. The number of rotatable bonds is 6. The van der Waals surface area contributed by atoms with Crippen molar-refractivity contribution < 1.29 is 5.11 Å². The van der Waals surface area contributed by atoms with Gasteiger partial charge in [0, 0.05) is 18.0 Å². The van der Waals surface area contributed by atoms with Crippen molar-refractivity contribution in [3.05, 3.63) is 22.4 Å². The van der Waals surface area contributed by atoms with Crippen LogP contribution in [0, 0.1) is 0 Å². The molecule has 3 N–H and O–H groups in total. The number of aliphatic hydroxyl groups is 1. The van der Waals surface area contributed by atoms with Crippen LogP contribution < -0.4 is 10.6 Å². The highest BCUT2D eigenvalue weighted by atomic mass is 127. The molecular formula is C16H28IN3OS. The number of nitrogens with zero attached hydrogens (tertiary/aromatic N) is 1. The first-order valence-corrected chi connectivity index (χ1v) is 8.87. The predicted octanol–water partition coefficient (Wildman–Crippen LogP) is 3.16. The van der Waals surface area contributed by atoms with Gasteiger partial charge in [-0.1, -0.05) is 25.3 Å². The summed E-state index contributed by atoms with van der Waals surface area (Å²) in [5.74, 6) is 0.813. The lowest BCUT2D eigenvalue weighted by atomic mass is 9.85. The topological polar surface area (TPSA) is 56.7 Å². The van der Waals surface area contributed by atoms with Crippen molar-refractivity contribution in [2.75, 3.05) is 19.6 Å². The summed E-state index contributed by atoms with van der Waals surface area (Å²) in [6, 6.07) is 4.24. The quantitative estimate of drug-likeness (QED) is 0.364. The molecule has 1 aromatic rings. The summed E-state index contributed by atoms with van der Waals surface area (Å²) < 4.78 is 0. The van der Waals surface area contributed by atoms with Gasteiger partial charge >= 0.3 is 0 Å². The second-order valence-electron chi connectivity index (χ2n) is 5.74. The van der Waals surface area contributed by atoms with Crippen LogP contribution in [0.2, 0.25) is 0 Å². The van der Waals surface area contributed by atoms with Crippen molar-refractivity contribution in [1.29, 1.82) is 0 Å². The molecule has 1 saturated carbocycles. The summed E-state index contributed by atoms with van der Waals surface area (Å²) in [6.45, 7) is 4.27. The van der Waals surface area contributed by atoms with Crippen LogP contribution in [0.15, 0.2) is 22.5 Å². The Morgan fingerprint density at radius 3 is 2.73 bits per heavy atom. The van der Waals surface area contributed by atoms with Crippen LogP contribution in [0.4, 0.5) is 0 Å². The molecule has 0 unspecified atom stereocenters. The Bertz CT molecular complexity index is 431. The molecule has 0 atom stereocenters. The largest absolute Gasteiger partial charge is 0.388 e. The van der Waals surface area contributed by atoms with Crippen LogP contribution in [0.25, 0.3) is 0 Å². The van der Waals surface area contributed by atoms with E-state index in [0.717, 1.165) is 51.2 Å². The Kier molecular flexibility index (Phi) is 9.35. The molecule has 0 radical (unpaired) electrons. The Hall–Kier alpha value is -0.340. The van der Waals surface area contributed by atoms with Crippen LogP contribution in [0.3, 0.4) is 0 Å². The molecule has 1 aromatic heterocycles. The molecule has 0 saturated heterocycles. The van der Waals surface area contributed by atoms with Crippen molar-refractivity contribution in [3.63, 3.8) is 0 Å². The van der Waals surface area contributed by atoms with Gasteiger partial charge in [0.1, 0.15) is 0 Å². The van der Waals surface area contributed by atoms with Crippen LogP contribution in [0.1, 0.15) is 43.9 Å². The lowest BCUT2D eigenvalue weighted by molar-refractivity contribution is 0.0131. The summed E-state index contributed by atoms with van der Waals surface area (Å²) in [4.78, 5) is 5.95. The normalized spacial score (nSPS) is 17.6.